The molecule has 0 radical (unpaired) electrons. The van der Waals surface area contributed by atoms with Crippen molar-refractivity contribution in [1.82, 2.24) is 0 Å². The van der Waals surface area contributed by atoms with Gasteiger partial charge in [-0.1, -0.05) is 48.5 Å². The van der Waals surface area contributed by atoms with Crippen molar-refractivity contribution in [2.45, 2.75) is 12.5 Å². The fourth-order valence-corrected chi connectivity index (χ4v) is 3.89. The zero-order chi connectivity index (χ0) is 13.5. The zero-order valence-corrected chi connectivity index (χ0v) is 11.5. The van der Waals surface area contributed by atoms with Gasteiger partial charge in [0.15, 0.2) is 0 Å². The van der Waals surface area contributed by atoms with Gasteiger partial charge in [0.1, 0.15) is 0 Å². The molecule has 0 saturated heterocycles. The van der Waals surface area contributed by atoms with E-state index in [9.17, 15) is 8.42 Å². The molecule has 3 rings (SSSR count). The standard InChI is InChI=1S/C15H15NO2S/c1-19(17,18)16-14-10-6-5-9-13(14)11-15(16)12-7-3-2-4-8-12/h2-10,15H,11H2,1H3. The molecule has 0 aliphatic carbocycles. The highest BCUT2D eigenvalue weighted by Crippen LogP contribution is 2.41. The van der Waals surface area contributed by atoms with E-state index in [0.29, 0.717) is 0 Å². The van der Waals surface area contributed by atoms with Gasteiger partial charge in [-0.15, -0.1) is 0 Å². The molecule has 0 spiro atoms. The topological polar surface area (TPSA) is 37.4 Å². The number of nitrogens with zero attached hydrogens (tertiary/aromatic N) is 1. The van der Waals surface area contributed by atoms with E-state index in [2.05, 4.69) is 0 Å². The van der Waals surface area contributed by atoms with Gasteiger partial charge in [-0.2, -0.15) is 0 Å². The van der Waals surface area contributed by atoms with Crippen molar-refractivity contribution in [3.8, 4) is 0 Å². The molecule has 4 heteroatoms. The van der Waals surface area contributed by atoms with Crippen LogP contribution in [0, 0.1) is 0 Å². The number of fused-ring (bicyclic) bond motifs is 1. The second-order valence-electron chi connectivity index (χ2n) is 4.82. The number of benzene rings is 2. The van der Waals surface area contributed by atoms with Gasteiger partial charge in [-0.3, -0.25) is 4.31 Å². The summed E-state index contributed by atoms with van der Waals surface area (Å²) in [5.74, 6) is 0. The summed E-state index contributed by atoms with van der Waals surface area (Å²) in [4.78, 5) is 0. The summed E-state index contributed by atoms with van der Waals surface area (Å²) in [6.45, 7) is 0. The van der Waals surface area contributed by atoms with Gasteiger partial charge in [0, 0.05) is 6.42 Å². The Hall–Kier alpha value is -1.81. The van der Waals surface area contributed by atoms with Crippen LogP contribution >= 0.6 is 0 Å². The molecule has 0 amide bonds. The van der Waals surface area contributed by atoms with Crippen LogP contribution in [0.4, 0.5) is 5.69 Å². The highest BCUT2D eigenvalue weighted by Gasteiger charge is 2.35. The van der Waals surface area contributed by atoms with E-state index in [1.807, 2.05) is 54.6 Å². The Morgan fingerprint density at radius 2 is 1.63 bits per heavy atom. The molecule has 3 nitrogen and oxygen atoms in total. The molecule has 0 N–H and O–H groups in total. The number of hydrogen-bond acceptors (Lipinski definition) is 2. The zero-order valence-electron chi connectivity index (χ0n) is 10.7. The average molecular weight is 273 g/mol. The summed E-state index contributed by atoms with van der Waals surface area (Å²) in [6.07, 6.45) is 2.00. The van der Waals surface area contributed by atoms with E-state index in [0.717, 1.165) is 23.2 Å². The molecule has 98 valence electrons. The number of sulfonamides is 1. The largest absolute Gasteiger partial charge is 0.262 e. The first-order chi connectivity index (χ1) is 9.07. The Morgan fingerprint density at radius 3 is 2.32 bits per heavy atom. The lowest BCUT2D eigenvalue weighted by Gasteiger charge is -2.25. The van der Waals surface area contributed by atoms with Gasteiger partial charge < -0.3 is 0 Å². The fourth-order valence-electron chi connectivity index (χ4n) is 2.70. The van der Waals surface area contributed by atoms with Crippen molar-refractivity contribution in [3.63, 3.8) is 0 Å². The van der Waals surface area contributed by atoms with Crippen LogP contribution in [-0.4, -0.2) is 14.7 Å². The lowest BCUT2D eigenvalue weighted by molar-refractivity contribution is 0.588. The van der Waals surface area contributed by atoms with Crippen molar-refractivity contribution in [3.05, 3.63) is 65.7 Å². The van der Waals surface area contributed by atoms with Crippen LogP contribution in [0.1, 0.15) is 17.2 Å². The third-order valence-electron chi connectivity index (χ3n) is 3.47. The van der Waals surface area contributed by atoms with E-state index in [-0.39, 0.29) is 6.04 Å². The summed E-state index contributed by atoms with van der Waals surface area (Å²) in [6, 6.07) is 17.4. The number of rotatable bonds is 2. The van der Waals surface area contributed by atoms with Crippen molar-refractivity contribution < 1.29 is 8.42 Å². The first-order valence-electron chi connectivity index (χ1n) is 6.19. The first kappa shape index (κ1) is 12.2. The Bertz CT molecular complexity index is 695. The highest BCUT2D eigenvalue weighted by atomic mass is 32.2. The van der Waals surface area contributed by atoms with Gasteiger partial charge in [0.25, 0.3) is 0 Å². The maximum absolute atomic E-state index is 12.1. The molecule has 1 aliphatic rings. The van der Waals surface area contributed by atoms with Crippen LogP contribution < -0.4 is 4.31 Å². The van der Waals surface area contributed by atoms with Gasteiger partial charge in [-0.25, -0.2) is 8.42 Å². The average Bonchev–Trinajstić information content (AvgIpc) is 2.79. The van der Waals surface area contributed by atoms with E-state index in [1.54, 1.807) is 0 Å². The molecule has 2 aromatic rings. The normalized spacial score (nSPS) is 18.4. The number of para-hydroxylation sites is 1. The van der Waals surface area contributed by atoms with Crippen molar-refractivity contribution in [2.75, 3.05) is 10.6 Å². The quantitative estimate of drug-likeness (QED) is 0.843. The summed E-state index contributed by atoms with van der Waals surface area (Å²) in [5, 5.41) is 0. The molecule has 1 unspecified atom stereocenters. The Balaban J connectivity index is 2.14. The Kier molecular flexibility index (Phi) is 2.82. The summed E-state index contributed by atoms with van der Waals surface area (Å²) in [5.41, 5.74) is 2.92. The summed E-state index contributed by atoms with van der Waals surface area (Å²) in [7, 11) is -3.28. The van der Waals surface area contributed by atoms with Crippen molar-refractivity contribution >= 4 is 15.7 Å². The van der Waals surface area contributed by atoms with E-state index in [4.69, 9.17) is 0 Å². The maximum Gasteiger partial charge on any atom is 0.232 e. The monoisotopic (exact) mass is 273 g/mol. The molecule has 1 heterocycles. The molecular weight excluding hydrogens is 258 g/mol. The van der Waals surface area contributed by atoms with Crippen LogP contribution in [0.25, 0.3) is 0 Å². The summed E-state index contributed by atoms with van der Waals surface area (Å²) >= 11 is 0. The first-order valence-corrected chi connectivity index (χ1v) is 8.04. The third kappa shape index (κ3) is 2.12. The lowest BCUT2D eigenvalue weighted by Crippen LogP contribution is -2.31. The van der Waals surface area contributed by atoms with E-state index < -0.39 is 10.0 Å². The van der Waals surface area contributed by atoms with Crippen LogP contribution in [0.5, 0.6) is 0 Å². The van der Waals surface area contributed by atoms with Gasteiger partial charge in [0.2, 0.25) is 10.0 Å². The minimum Gasteiger partial charge on any atom is -0.262 e. The predicted molar refractivity (Wildman–Crippen MR) is 76.7 cm³/mol. The summed E-state index contributed by atoms with van der Waals surface area (Å²) < 4.78 is 25.8. The van der Waals surface area contributed by atoms with Crippen LogP contribution in [0.2, 0.25) is 0 Å². The van der Waals surface area contributed by atoms with E-state index in [1.165, 1.54) is 10.6 Å². The number of anilines is 1. The molecule has 1 atom stereocenters. The minimum atomic E-state index is -3.28. The second kappa shape index (κ2) is 4.38. The van der Waals surface area contributed by atoms with Crippen molar-refractivity contribution in [2.24, 2.45) is 0 Å². The van der Waals surface area contributed by atoms with Crippen LogP contribution in [0.3, 0.4) is 0 Å². The molecule has 2 aromatic carbocycles. The molecule has 0 fully saturated rings. The Labute approximate surface area is 113 Å². The van der Waals surface area contributed by atoms with Crippen molar-refractivity contribution in [1.29, 1.82) is 0 Å². The minimum absolute atomic E-state index is 0.131. The smallest absolute Gasteiger partial charge is 0.232 e. The third-order valence-corrected chi connectivity index (χ3v) is 4.63. The van der Waals surface area contributed by atoms with Crippen LogP contribution in [-0.2, 0) is 16.4 Å². The Morgan fingerprint density at radius 1 is 1.00 bits per heavy atom. The fraction of sp³-hybridized carbons (Fsp3) is 0.200. The SMILES string of the molecule is CS(=O)(=O)N1c2ccccc2CC1c1ccccc1. The van der Waals surface area contributed by atoms with Crippen LogP contribution in [0.15, 0.2) is 54.6 Å². The highest BCUT2D eigenvalue weighted by molar-refractivity contribution is 7.92. The van der Waals surface area contributed by atoms with Gasteiger partial charge in [0.05, 0.1) is 18.0 Å². The molecule has 1 aliphatic heterocycles. The number of hydrogen-bond donors (Lipinski definition) is 0. The molecule has 0 bridgehead atoms. The van der Waals surface area contributed by atoms with Gasteiger partial charge >= 0.3 is 0 Å². The second-order valence-corrected chi connectivity index (χ2v) is 6.68. The van der Waals surface area contributed by atoms with E-state index >= 15 is 0 Å². The molecular formula is C15H15NO2S. The molecule has 0 aromatic heterocycles. The molecule has 19 heavy (non-hydrogen) atoms. The maximum atomic E-state index is 12.1. The lowest BCUT2D eigenvalue weighted by atomic mass is 10.0. The van der Waals surface area contributed by atoms with Gasteiger partial charge in [-0.05, 0) is 17.2 Å². The molecule has 0 saturated carbocycles. The predicted octanol–water partition coefficient (Wildman–Crippen LogP) is 2.75.